The van der Waals surface area contributed by atoms with E-state index < -0.39 is 5.91 Å². The topological polar surface area (TPSA) is 151 Å². The zero-order valence-corrected chi connectivity index (χ0v) is 21.1. The van der Waals surface area contributed by atoms with Gasteiger partial charge in [0, 0.05) is 43.2 Å². The molecule has 39 heavy (non-hydrogen) atoms. The second kappa shape index (κ2) is 11.2. The third-order valence-corrected chi connectivity index (χ3v) is 6.45. The molecule has 2 heterocycles. The average Bonchev–Trinajstić information content (AvgIpc) is 3.41. The molecule has 0 saturated heterocycles. The van der Waals surface area contributed by atoms with Gasteiger partial charge in [0.05, 0.1) is 23.6 Å². The monoisotopic (exact) mass is 528 g/mol. The maximum atomic E-state index is 13.2. The van der Waals surface area contributed by atoms with Crippen LogP contribution in [0.15, 0.2) is 65.4 Å². The summed E-state index contributed by atoms with van der Waals surface area (Å²) in [6.07, 6.45) is 2.93. The number of hydrogen-bond acceptors (Lipinski definition) is 9. The van der Waals surface area contributed by atoms with Gasteiger partial charge in [0.15, 0.2) is 11.5 Å². The van der Waals surface area contributed by atoms with Crippen LogP contribution in [0.5, 0.6) is 11.5 Å². The number of anilines is 3. The fraction of sp³-hybridized carbons (Fsp3) is 0.214. The van der Waals surface area contributed by atoms with E-state index in [1.807, 2.05) is 24.3 Å². The van der Waals surface area contributed by atoms with Crippen LogP contribution in [0.4, 0.5) is 17.2 Å². The minimum Gasteiger partial charge on any atom is -0.454 e. The number of aliphatic hydroxyl groups is 1. The van der Waals surface area contributed by atoms with Crippen LogP contribution >= 0.6 is 0 Å². The molecule has 0 spiro atoms. The molecule has 2 aromatic carbocycles. The van der Waals surface area contributed by atoms with Crippen LogP contribution in [0.2, 0.25) is 0 Å². The number of rotatable bonds is 10. The molecular formula is C28H28N6O5. The maximum Gasteiger partial charge on any atom is 0.259 e. The molecule has 11 nitrogen and oxygen atoms in total. The summed E-state index contributed by atoms with van der Waals surface area (Å²) in [7, 11) is 0. The fourth-order valence-electron chi connectivity index (χ4n) is 4.73. The molecule has 3 aromatic rings. The van der Waals surface area contributed by atoms with Crippen molar-refractivity contribution in [3.8, 4) is 11.5 Å². The number of primary amides is 1. The van der Waals surface area contributed by atoms with Crippen molar-refractivity contribution in [2.24, 2.45) is 10.8 Å². The Labute approximate surface area is 224 Å². The van der Waals surface area contributed by atoms with Gasteiger partial charge in [-0.1, -0.05) is 6.07 Å². The predicted molar refractivity (Wildman–Crippen MR) is 148 cm³/mol. The summed E-state index contributed by atoms with van der Waals surface area (Å²) in [6, 6.07) is 14.4. The number of pyridine rings is 1. The number of carbonyl (C=O) groups is 2. The van der Waals surface area contributed by atoms with E-state index in [9.17, 15) is 9.59 Å². The zero-order chi connectivity index (χ0) is 27.4. The number of benzene rings is 2. The van der Waals surface area contributed by atoms with Crippen molar-refractivity contribution in [1.29, 1.82) is 0 Å². The fourth-order valence-corrected chi connectivity index (χ4v) is 4.73. The third kappa shape index (κ3) is 5.39. The SMILES string of the molecule is C=NN(C1=C(CC(N)=O)CCc2ccc(NC(=O)c3cccnc3NCCO)cc21)c1ccc2c(c1)OCO2. The minimum atomic E-state index is -0.454. The summed E-state index contributed by atoms with van der Waals surface area (Å²) in [5.41, 5.74) is 10.5. The summed E-state index contributed by atoms with van der Waals surface area (Å²) in [6.45, 7) is 4.09. The number of nitrogens with one attached hydrogen (secondary N) is 2. The number of aliphatic hydroxyl groups excluding tert-OH is 1. The number of carbonyl (C=O) groups excluding carboxylic acids is 2. The van der Waals surface area contributed by atoms with Gasteiger partial charge in [-0.15, -0.1) is 0 Å². The normalized spacial score (nSPS) is 13.5. The summed E-state index contributed by atoms with van der Waals surface area (Å²) in [5, 5.41) is 21.0. The lowest BCUT2D eigenvalue weighted by Gasteiger charge is -2.30. The zero-order valence-electron chi connectivity index (χ0n) is 21.1. The van der Waals surface area contributed by atoms with E-state index in [0.717, 1.165) is 16.7 Å². The molecule has 0 saturated carbocycles. The van der Waals surface area contributed by atoms with E-state index in [1.165, 1.54) is 0 Å². The van der Waals surface area contributed by atoms with E-state index in [2.05, 4.69) is 27.4 Å². The number of nitrogens with two attached hydrogens (primary N) is 1. The summed E-state index contributed by atoms with van der Waals surface area (Å²) in [4.78, 5) is 29.4. The second-order valence-electron chi connectivity index (χ2n) is 8.96. The number of nitrogens with zero attached hydrogens (tertiary/aromatic N) is 3. The van der Waals surface area contributed by atoms with E-state index in [-0.39, 0.29) is 32.3 Å². The average molecular weight is 529 g/mol. The van der Waals surface area contributed by atoms with Crippen LogP contribution in [-0.2, 0) is 11.2 Å². The summed E-state index contributed by atoms with van der Waals surface area (Å²) in [5.74, 6) is 0.765. The molecule has 0 unspecified atom stereocenters. The first kappa shape index (κ1) is 25.7. The largest absolute Gasteiger partial charge is 0.454 e. The van der Waals surface area contributed by atoms with Crippen molar-refractivity contribution in [3.63, 3.8) is 0 Å². The summed E-state index contributed by atoms with van der Waals surface area (Å²) >= 11 is 0. The molecular weight excluding hydrogens is 500 g/mol. The van der Waals surface area contributed by atoms with Crippen LogP contribution < -0.4 is 30.8 Å². The van der Waals surface area contributed by atoms with Gasteiger partial charge in [0.25, 0.3) is 5.91 Å². The number of hydrazone groups is 1. The van der Waals surface area contributed by atoms with Gasteiger partial charge < -0.3 is 30.9 Å². The molecule has 1 aromatic heterocycles. The second-order valence-corrected chi connectivity index (χ2v) is 8.96. The lowest BCUT2D eigenvalue weighted by molar-refractivity contribution is -0.117. The standard InChI is InChI=1S/C28H28N6O5/c1-30-34(20-8-9-23-24(15-20)39-16-38-23)26-18(13-25(29)36)5-4-17-6-7-19(14-22(17)26)33-28(37)21-3-2-10-31-27(21)32-11-12-35/h2-3,6-10,14-15,35H,1,4-5,11-13,16H2,(H2,29,36)(H,31,32)(H,33,37). The van der Waals surface area contributed by atoms with Crippen LogP contribution in [0.3, 0.4) is 0 Å². The van der Waals surface area contributed by atoms with Crippen molar-refractivity contribution < 1.29 is 24.2 Å². The molecule has 2 aliphatic rings. The highest BCUT2D eigenvalue weighted by Crippen LogP contribution is 2.42. The number of hydrogen-bond donors (Lipinski definition) is 4. The molecule has 0 atom stereocenters. The number of aromatic nitrogens is 1. The molecule has 5 N–H and O–H groups in total. The molecule has 200 valence electrons. The smallest absolute Gasteiger partial charge is 0.259 e. The van der Waals surface area contributed by atoms with E-state index in [4.69, 9.17) is 20.3 Å². The lowest BCUT2D eigenvalue weighted by atomic mass is 9.87. The Bertz CT molecular complexity index is 1470. The Morgan fingerprint density at radius 3 is 2.77 bits per heavy atom. The van der Waals surface area contributed by atoms with Crippen molar-refractivity contribution in [1.82, 2.24) is 4.98 Å². The van der Waals surface area contributed by atoms with Gasteiger partial charge in [-0.25, -0.2) is 9.99 Å². The molecule has 2 amide bonds. The molecule has 0 radical (unpaired) electrons. The van der Waals surface area contributed by atoms with Crippen LogP contribution in [0.25, 0.3) is 5.70 Å². The Morgan fingerprint density at radius 1 is 1.13 bits per heavy atom. The van der Waals surface area contributed by atoms with Gasteiger partial charge in [0.1, 0.15) is 5.82 Å². The highest BCUT2D eigenvalue weighted by molar-refractivity contribution is 6.07. The number of ether oxygens (including phenoxy) is 2. The van der Waals surface area contributed by atoms with Crippen molar-refractivity contribution >= 4 is 41.4 Å². The quantitative estimate of drug-likeness (QED) is 0.231. The lowest BCUT2D eigenvalue weighted by Crippen LogP contribution is -2.23. The highest BCUT2D eigenvalue weighted by Gasteiger charge is 2.27. The molecule has 11 heteroatoms. The van der Waals surface area contributed by atoms with Gasteiger partial charge in [-0.3, -0.25) is 9.59 Å². The van der Waals surface area contributed by atoms with Crippen molar-refractivity contribution in [2.45, 2.75) is 19.3 Å². The van der Waals surface area contributed by atoms with Gasteiger partial charge in [-0.05, 0) is 60.4 Å². The Kier molecular flexibility index (Phi) is 7.41. The van der Waals surface area contributed by atoms with Crippen molar-refractivity contribution in [3.05, 3.63) is 77.0 Å². The molecule has 1 aliphatic carbocycles. The van der Waals surface area contributed by atoms with Gasteiger partial charge in [-0.2, -0.15) is 5.10 Å². The first-order valence-corrected chi connectivity index (χ1v) is 12.4. The van der Waals surface area contributed by atoms with Gasteiger partial charge >= 0.3 is 0 Å². The van der Waals surface area contributed by atoms with Crippen LogP contribution in [0.1, 0.15) is 34.3 Å². The molecule has 5 rings (SSSR count). The van der Waals surface area contributed by atoms with E-state index >= 15 is 0 Å². The Morgan fingerprint density at radius 2 is 1.97 bits per heavy atom. The summed E-state index contributed by atoms with van der Waals surface area (Å²) < 4.78 is 11.0. The van der Waals surface area contributed by atoms with Crippen molar-refractivity contribution in [2.75, 3.05) is 35.6 Å². The third-order valence-electron chi connectivity index (χ3n) is 6.45. The number of aryl methyl sites for hydroxylation is 1. The highest BCUT2D eigenvalue weighted by atomic mass is 16.7. The first-order valence-electron chi connectivity index (χ1n) is 12.4. The number of amides is 2. The van der Waals surface area contributed by atoms with Crippen LogP contribution in [-0.4, -0.2) is 48.6 Å². The molecule has 0 fully saturated rings. The first-order chi connectivity index (χ1) is 19.0. The van der Waals surface area contributed by atoms with Gasteiger partial charge in [0.2, 0.25) is 12.7 Å². The predicted octanol–water partition coefficient (Wildman–Crippen LogP) is 3.12. The molecule has 1 aliphatic heterocycles. The minimum absolute atomic E-state index is 0.0531. The maximum absolute atomic E-state index is 13.2. The van der Waals surface area contributed by atoms with E-state index in [1.54, 1.807) is 35.5 Å². The molecule has 0 bridgehead atoms. The Hall–Kier alpha value is -4.90. The van der Waals surface area contributed by atoms with E-state index in [0.29, 0.717) is 52.8 Å². The number of fused-ring (bicyclic) bond motifs is 2. The van der Waals surface area contributed by atoms with Crippen LogP contribution in [0, 0.1) is 0 Å². The Balaban J connectivity index is 1.52.